The Morgan fingerprint density at radius 3 is 2.95 bits per heavy atom. The van der Waals surface area contributed by atoms with Gasteiger partial charge >= 0.3 is 0 Å². The van der Waals surface area contributed by atoms with Crippen molar-refractivity contribution >= 4 is 17.5 Å². The van der Waals surface area contributed by atoms with Crippen molar-refractivity contribution in [2.75, 3.05) is 25.5 Å². The average molecular weight is 262 g/mol. The Morgan fingerprint density at radius 1 is 1.42 bits per heavy atom. The summed E-state index contributed by atoms with van der Waals surface area (Å²) < 4.78 is 5.48. The molecule has 0 aliphatic carbocycles. The lowest BCUT2D eigenvalue weighted by molar-refractivity contribution is -0.131. The molecule has 1 aliphatic rings. The summed E-state index contributed by atoms with van der Waals surface area (Å²) in [6, 6.07) is 5.47. The Balaban J connectivity index is 1.99. The van der Waals surface area contributed by atoms with Gasteiger partial charge in [0.05, 0.1) is 0 Å². The summed E-state index contributed by atoms with van der Waals surface area (Å²) in [6.45, 7) is 2.62. The quantitative estimate of drug-likeness (QED) is 0.893. The van der Waals surface area contributed by atoms with E-state index in [0.29, 0.717) is 25.1 Å². The minimum atomic E-state index is -0.0477. The standard InChI is InChI=1S/C14H18N2O3/c1-3-16(2)14(18)9-19-11-5-6-12-10(8-11)4-7-13(17)15-12/h5-6,8H,3-4,7,9H2,1-2H3,(H,15,17). The smallest absolute Gasteiger partial charge is 0.260 e. The first-order chi connectivity index (χ1) is 9.10. The Kier molecular flexibility index (Phi) is 4.04. The van der Waals surface area contributed by atoms with E-state index < -0.39 is 0 Å². The van der Waals surface area contributed by atoms with Crippen molar-refractivity contribution in [3.63, 3.8) is 0 Å². The van der Waals surface area contributed by atoms with Gasteiger partial charge in [0.15, 0.2) is 6.61 Å². The van der Waals surface area contributed by atoms with Crippen LogP contribution in [-0.4, -0.2) is 36.9 Å². The van der Waals surface area contributed by atoms with E-state index in [0.717, 1.165) is 11.3 Å². The third-order valence-electron chi connectivity index (χ3n) is 3.23. The van der Waals surface area contributed by atoms with Crippen LogP contribution in [0.2, 0.25) is 0 Å². The van der Waals surface area contributed by atoms with Gasteiger partial charge in [0.1, 0.15) is 5.75 Å². The SMILES string of the molecule is CCN(C)C(=O)COc1ccc2c(c1)CCC(=O)N2. The van der Waals surface area contributed by atoms with Crippen LogP contribution in [0.5, 0.6) is 5.75 Å². The van der Waals surface area contributed by atoms with Crippen LogP contribution < -0.4 is 10.1 Å². The number of carbonyl (C=O) groups excluding carboxylic acids is 2. The number of carbonyl (C=O) groups is 2. The van der Waals surface area contributed by atoms with E-state index in [1.54, 1.807) is 18.0 Å². The van der Waals surface area contributed by atoms with Crippen LogP contribution in [0.4, 0.5) is 5.69 Å². The van der Waals surface area contributed by atoms with E-state index in [1.165, 1.54) is 0 Å². The molecule has 0 saturated carbocycles. The molecule has 2 amide bonds. The first-order valence-corrected chi connectivity index (χ1v) is 6.39. The van der Waals surface area contributed by atoms with E-state index in [1.807, 2.05) is 19.1 Å². The summed E-state index contributed by atoms with van der Waals surface area (Å²) in [4.78, 5) is 24.5. The van der Waals surface area contributed by atoms with Crippen molar-refractivity contribution in [3.05, 3.63) is 23.8 Å². The van der Waals surface area contributed by atoms with Gasteiger partial charge in [0, 0.05) is 25.7 Å². The lowest BCUT2D eigenvalue weighted by atomic mass is 10.0. The molecule has 0 unspecified atom stereocenters. The highest BCUT2D eigenvalue weighted by Crippen LogP contribution is 2.26. The molecule has 0 radical (unpaired) electrons. The normalized spacial score (nSPS) is 13.5. The van der Waals surface area contributed by atoms with Crippen LogP contribution in [0, 0.1) is 0 Å². The van der Waals surface area contributed by atoms with Crippen molar-refractivity contribution < 1.29 is 14.3 Å². The average Bonchev–Trinajstić information content (AvgIpc) is 2.43. The molecule has 1 aliphatic heterocycles. The molecule has 1 aromatic carbocycles. The number of hydrogen-bond acceptors (Lipinski definition) is 3. The molecule has 5 heteroatoms. The van der Waals surface area contributed by atoms with Gasteiger partial charge in [-0.05, 0) is 37.1 Å². The maximum atomic E-state index is 11.6. The van der Waals surface area contributed by atoms with Crippen molar-refractivity contribution in [2.24, 2.45) is 0 Å². The molecule has 0 aromatic heterocycles. The number of nitrogens with zero attached hydrogens (tertiary/aromatic N) is 1. The maximum absolute atomic E-state index is 11.6. The largest absolute Gasteiger partial charge is 0.484 e. The van der Waals surface area contributed by atoms with Crippen molar-refractivity contribution in [1.29, 1.82) is 0 Å². The fourth-order valence-corrected chi connectivity index (χ4v) is 1.88. The van der Waals surface area contributed by atoms with Gasteiger partial charge in [-0.25, -0.2) is 0 Å². The monoisotopic (exact) mass is 262 g/mol. The highest BCUT2D eigenvalue weighted by molar-refractivity contribution is 5.94. The summed E-state index contributed by atoms with van der Waals surface area (Å²) in [6.07, 6.45) is 1.20. The van der Waals surface area contributed by atoms with Crippen molar-refractivity contribution in [1.82, 2.24) is 4.90 Å². The molecule has 1 N–H and O–H groups in total. The van der Waals surface area contributed by atoms with Crippen LogP contribution in [0.15, 0.2) is 18.2 Å². The molecule has 2 rings (SSSR count). The molecule has 0 bridgehead atoms. The molecule has 0 saturated heterocycles. The third-order valence-corrected chi connectivity index (χ3v) is 3.23. The number of nitrogens with one attached hydrogen (secondary N) is 1. The van der Waals surface area contributed by atoms with Gasteiger partial charge in [-0.3, -0.25) is 9.59 Å². The molecule has 5 nitrogen and oxygen atoms in total. The fraction of sp³-hybridized carbons (Fsp3) is 0.429. The van der Waals surface area contributed by atoms with Crippen LogP contribution in [-0.2, 0) is 16.0 Å². The number of amides is 2. The van der Waals surface area contributed by atoms with Crippen molar-refractivity contribution in [3.8, 4) is 5.75 Å². The zero-order valence-corrected chi connectivity index (χ0v) is 11.2. The predicted octanol–water partition coefficient (Wildman–Crippen LogP) is 1.43. The summed E-state index contributed by atoms with van der Waals surface area (Å²) in [7, 11) is 1.74. The first kappa shape index (κ1) is 13.4. The van der Waals surface area contributed by atoms with Crippen LogP contribution in [0.25, 0.3) is 0 Å². The van der Waals surface area contributed by atoms with Gasteiger partial charge in [-0.1, -0.05) is 0 Å². The van der Waals surface area contributed by atoms with Crippen LogP contribution >= 0.6 is 0 Å². The first-order valence-electron chi connectivity index (χ1n) is 6.39. The zero-order chi connectivity index (χ0) is 13.8. The molecule has 0 fully saturated rings. The number of aryl methyl sites for hydroxylation is 1. The van der Waals surface area contributed by atoms with Crippen LogP contribution in [0.3, 0.4) is 0 Å². The summed E-state index contributed by atoms with van der Waals surface area (Å²) in [5.41, 5.74) is 1.88. The Labute approximate surface area is 112 Å². The van der Waals surface area contributed by atoms with E-state index in [2.05, 4.69) is 5.32 Å². The number of rotatable bonds is 4. The van der Waals surface area contributed by atoms with Crippen LogP contribution in [0.1, 0.15) is 18.9 Å². The maximum Gasteiger partial charge on any atom is 0.260 e. The Hall–Kier alpha value is -2.04. The molecule has 102 valence electrons. The lowest BCUT2D eigenvalue weighted by Crippen LogP contribution is -2.31. The third kappa shape index (κ3) is 3.24. The number of likely N-dealkylation sites (N-methyl/N-ethyl adjacent to an activating group) is 1. The molecule has 1 heterocycles. The van der Waals surface area contributed by atoms with Gasteiger partial charge in [0.2, 0.25) is 5.91 Å². The van der Waals surface area contributed by atoms with E-state index in [-0.39, 0.29) is 18.4 Å². The fourth-order valence-electron chi connectivity index (χ4n) is 1.88. The Bertz CT molecular complexity index is 499. The second kappa shape index (κ2) is 5.73. The zero-order valence-electron chi connectivity index (χ0n) is 11.2. The topological polar surface area (TPSA) is 58.6 Å². The minimum absolute atomic E-state index is 0.0372. The molecule has 1 aromatic rings. The van der Waals surface area contributed by atoms with E-state index in [9.17, 15) is 9.59 Å². The summed E-state index contributed by atoms with van der Waals surface area (Å²) >= 11 is 0. The predicted molar refractivity (Wildman–Crippen MR) is 72.2 cm³/mol. The highest BCUT2D eigenvalue weighted by Gasteiger charge is 2.15. The van der Waals surface area contributed by atoms with E-state index in [4.69, 9.17) is 4.74 Å². The second-order valence-corrected chi connectivity index (χ2v) is 4.56. The molecule has 0 spiro atoms. The highest BCUT2D eigenvalue weighted by atomic mass is 16.5. The molecule has 19 heavy (non-hydrogen) atoms. The number of anilines is 1. The van der Waals surface area contributed by atoms with Gasteiger partial charge in [-0.15, -0.1) is 0 Å². The summed E-state index contributed by atoms with van der Waals surface area (Å²) in [5, 5.41) is 2.81. The Morgan fingerprint density at radius 2 is 2.21 bits per heavy atom. The van der Waals surface area contributed by atoms with Gasteiger partial charge in [0.25, 0.3) is 5.91 Å². The lowest BCUT2D eigenvalue weighted by Gasteiger charge is -2.18. The van der Waals surface area contributed by atoms with Crippen molar-refractivity contribution in [2.45, 2.75) is 19.8 Å². The molecular weight excluding hydrogens is 244 g/mol. The van der Waals surface area contributed by atoms with E-state index >= 15 is 0 Å². The van der Waals surface area contributed by atoms with Gasteiger partial charge in [-0.2, -0.15) is 0 Å². The number of ether oxygens (including phenoxy) is 1. The van der Waals surface area contributed by atoms with Gasteiger partial charge < -0.3 is 15.0 Å². The molecule has 0 atom stereocenters. The number of benzene rings is 1. The minimum Gasteiger partial charge on any atom is -0.484 e. The number of hydrogen-bond donors (Lipinski definition) is 1. The number of fused-ring (bicyclic) bond motifs is 1. The molecular formula is C14H18N2O3. The second-order valence-electron chi connectivity index (χ2n) is 4.56. The summed E-state index contributed by atoms with van der Waals surface area (Å²) in [5.74, 6) is 0.655.